The molecule has 0 radical (unpaired) electrons. The maximum atomic E-state index is 13.7. The molecule has 0 bridgehead atoms. The maximum absolute atomic E-state index is 13.7. The number of nitrogens with zero attached hydrogens (tertiary/aromatic N) is 3. The van der Waals surface area contributed by atoms with Crippen molar-refractivity contribution < 1.29 is 18.7 Å². The van der Waals surface area contributed by atoms with E-state index in [0.717, 1.165) is 55.4 Å². The van der Waals surface area contributed by atoms with E-state index in [1.807, 2.05) is 23.1 Å². The molecule has 176 valence electrons. The summed E-state index contributed by atoms with van der Waals surface area (Å²) in [6.07, 6.45) is 4.24. The van der Waals surface area contributed by atoms with E-state index in [4.69, 9.17) is 18.9 Å². The summed E-state index contributed by atoms with van der Waals surface area (Å²) in [5.74, 6) is 0.766. The summed E-state index contributed by atoms with van der Waals surface area (Å²) >= 11 is 0. The van der Waals surface area contributed by atoms with Crippen molar-refractivity contribution in [3.05, 3.63) is 83.1 Å². The van der Waals surface area contributed by atoms with Crippen LogP contribution in [-0.2, 0) is 22.4 Å². The Morgan fingerprint density at radius 1 is 1.03 bits per heavy atom. The highest BCUT2D eigenvalue weighted by Crippen LogP contribution is 2.42. The number of anilines is 1. The summed E-state index contributed by atoms with van der Waals surface area (Å²) in [4.78, 5) is 23.2. The number of carbonyl (C=O) groups is 1. The van der Waals surface area contributed by atoms with Gasteiger partial charge in [0.2, 0.25) is 0 Å². The summed E-state index contributed by atoms with van der Waals surface area (Å²) in [6, 6.07) is 16.0. The monoisotopic (exact) mass is 459 g/mol. The lowest BCUT2D eigenvalue weighted by molar-refractivity contribution is 0.0220. The first-order chi connectivity index (χ1) is 16.8. The summed E-state index contributed by atoms with van der Waals surface area (Å²) in [7, 11) is 0. The van der Waals surface area contributed by atoms with Gasteiger partial charge in [-0.1, -0.05) is 30.3 Å². The van der Waals surface area contributed by atoms with Crippen LogP contribution in [0.15, 0.2) is 59.2 Å². The van der Waals surface area contributed by atoms with Gasteiger partial charge in [0.1, 0.15) is 11.8 Å². The van der Waals surface area contributed by atoms with E-state index in [-0.39, 0.29) is 18.1 Å². The molecule has 3 aliphatic rings. The predicted octanol–water partition coefficient (Wildman–Crippen LogP) is 3.98. The molecule has 34 heavy (non-hydrogen) atoms. The number of fused-ring (bicyclic) bond motifs is 1. The van der Waals surface area contributed by atoms with Crippen LogP contribution in [0.3, 0.4) is 0 Å². The molecule has 2 saturated heterocycles. The molecule has 2 atom stereocenters. The van der Waals surface area contributed by atoms with Crippen molar-refractivity contribution in [1.29, 1.82) is 0 Å². The van der Waals surface area contributed by atoms with E-state index in [0.29, 0.717) is 31.7 Å². The van der Waals surface area contributed by atoms with Crippen molar-refractivity contribution in [3.63, 3.8) is 0 Å². The second-order valence-corrected chi connectivity index (χ2v) is 9.16. The fourth-order valence-electron chi connectivity index (χ4n) is 5.35. The molecule has 7 heteroatoms. The molecular formula is C27H29N3O4. The third-order valence-corrected chi connectivity index (χ3v) is 7.00. The number of aromatic nitrogens is 1. The van der Waals surface area contributed by atoms with Crippen molar-refractivity contribution in [2.75, 3.05) is 37.8 Å². The van der Waals surface area contributed by atoms with Gasteiger partial charge in [-0.15, -0.1) is 0 Å². The lowest BCUT2D eigenvalue weighted by Crippen LogP contribution is -2.37. The van der Waals surface area contributed by atoms with Crippen LogP contribution < -0.4 is 4.90 Å². The smallest absolute Gasteiger partial charge is 0.256 e. The molecular weight excluding hydrogens is 430 g/mol. The number of carbonyl (C=O) groups excluding carboxylic acids is 1. The van der Waals surface area contributed by atoms with Gasteiger partial charge in [0.15, 0.2) is 0 Å². The number of morpholine rings is 1. The van der Waals surface area contributed by atoms with E-state index in [1.165, 1.54) is 5.56 Å². The van der Waals surface area contributed by atoms with Gasteiger partial charge in [0.05, 0.1) is 54.8 Å². The normalized spacial score (nSPS) is 22.4. The minimum atomic E-state index is -0.205. The fourth-order valence-corrected chi connectivity index (χ4v) is 5.35. The quantitative estimate of drug-likeness (QED) is 0.556. The molecule has 6 rings (SSSR count). The van der Waals surface area contributed by atoms with Crippen LogP contribution in [0.2, 0.25) is 0 Å². The molecule has 3 aliphatic heterocycles. The Morgan fingerprint density at radius 2 is 1.88 bits per heavy atom. The van der Waals surface area contributed by atoms with Crippen molar-refractivity contribution in [2.45, 2.75) is 38.0 Å². The molecule has 0 spiro atoms. The largest absolute Gasteiger partial charge is 0.467 e. The van der Waals surface area contributed by atoms with Crippen LogP contribution in [0, 0.1) is 0 Å². The van der Waals surface area contributed by atoms with E-state index < -0.39 is 0 Å². The second-order valence-electron chi connectivity index (χ2n) is 9.16. The first kappa shape index (κ1) is 21.4. The Morgan fingerprint density at radius 3 is 2.62 bits per heavy atom. The Hall–Kier alpha value is -3.16. The molecule has 2 unspecified atom stereocenters. The molecule has 0 aliphatic carbocycles. The van der Waals surface area contributed by atoms with Gasteiger partial charge >= 0.3 is 0 Å². The Balaban J connectivity index is 1.44. The first-order valence-corrected chi connectivity index (χ1v) is 12.1. The van der Waals surface area contributed by atoms with E-state index in [2.05, 4.69) is 35.2 Å². The zero-order chi connectivity index (χ0) is 22.9. The lowest BCUT2D eigenvalue weighted by atomic mass is 10.0. The third-order valence-electron chi connectivity index (χ3n) is 7.00. The van der Waals surface area contributed by atoms with Gasteiger partial charge in [-0.25, -0.2) is 0 Å². The number of hydrogen-bond donors (Lipinski definition) is 0. The minimum Gasteiger partial charge on any atom is -0.467 e. The zero-order valence-electron chi connectivity index (χ0n) is 19.2. The highest BCUT2D eigenvalue weighted by atomic mass is 16.5. The third kappa shape index (κ3) is 3.99. The molecule has 7 nitrogen and oxygen atoms in total. The van der Waals surface area contributed by atoms with Crippen LogP contribution in [0.4, 0.5) is 5.69 Å². The van der Waals surface area contributed by atoms with Crippen LogP contribution in [0.5, 0.6) is 0 Å². The summed E-state index contributed by atoms with van der Waals surface area (Å²) in [5, 5.41) is 0. The van der Waals surface area contributed by atoms with Gasteiger partial charge in [-0.2, -0.15) is 0 Å². The molecule has 0 N–H and O–H groups in total. The number of ether oxygens (including phenoxy) is 2. The van der Waals surface area contributed by atoms with Crippen LogP contribution in [0.25, 0.3) is 0 Å². The van der Waals surface area contributed by atoms with Crippen LogP contribution >= 0.6 is 0 Å². The number of rotatable bonds is 6. The summed E-state index contributed by atoms with van der Waals surface area (Å²) < 4.78 is 17.3. The average Bonchev–Trinajstić information content (AvgIpc) is 3.63. The molecule has 5 heterocycles. The Kier molecular flexibility index (Phi) is 5.81. The van der Waals surface area contributed by atoms with Crippen molar-refractivity contribution >= 4 is 11.6 Å². The standard InChI is InChI=1S/C27H29N3O4/c31-27-21-17-23(29-10-14-32-15-11-29)22(16-19-6-2-1-3-7-19)28-25(21)26(24-9-5-13-34-24)30(27)18-20-8-4-12-33-20/h1-4,6-8,12,17,24,26H,5,9-11,13-16,18H2. The van der Waals surface area contributed by atoms with Crippen molar-refractivity contribution in [1.82, 2.24) is 9.88 Å². The number of hydrogen-bond acceptors (Lipinski definition) is 6. The van der Waals surface area contributed by atoms with Crippen LogP contribution in [-0.4, -0.2) is 54.8 Å². The predicted molar refractivity (Wildman–Crippen MR) is 127 cm³/mol. The molecule has 3 aromatic rings. The molecule has 1 aromatic carbocycles. The van der Waals surface area contributed by atoms with Gasteiger partial charge in [-0.3, -0.25) is 9.78 Å². The average molecular weight is 460 g/mol. The first-order valence-electron chi connectivity index (χ1n) is 12.1. The molecule has 0 saturated carbocycles. The maximum Gasteiger partial charge on any atom is 0.256 e. The van der Waals surface area contributed by atoms with E-state index >= 15 is 0 Å². The van der Waals surface area contributed by atoms with Crippen molar-refractivity contribution in [2.24, 2.45) is 0 Å². The van der Waals surface area contributed by atoms with Gasteiger partial charge in [0.25, 0.3) is 5.91 Å². The lowest BCUT2D eigenvalue weighted by Gasteiger charge is -2.31. The molecule has 2 aromatic heterocycles. The number of benzene rings is 1. The topological polar surface area (TPSA) is 68.0 Å². The van der Waals surface area contributed by atoms with Gasteiger partial charge in [-0.05, 0) is 36.6 Å². The van der Waals surface area contributed by atoms with E-state index in [1.54, 1.807) is 6.26 Å². The Bertz CT molecular complexity index is 1140. The Labute approximate surface area is 199 Å². The fraction of sp³-hybridized carbons (Fsp3) is 0.407. The number of pyridine rings is 1. The highest BCUT2D eigenvalue weighted by Gasteiger charge is 2.45. The van der Waals surface area contributed by atoms with E-state index in [9.17, 15) is 4.79 Å². The second kappa shape index (κ2) is 9.24. The summed E-state index contributed by atoms with van der Waals surface area (Å²) in [5.41, 5.74) is 4.76. The molecule has 1 amide bonds. The zero-order valence-corrected chi connectivity index (χ0v) is 19.2. The number of furan rings is 1. The van der Waals surface area contributed by atoms with Gasteiger partial charge < -0.3 is 23.7 Å². The van der Waals surface area contributed by atoms with Crippen LogP contribution in [0.1, 0.15) is 52.0 Å². The SMILES string of the molecule is O=C1c2cc(N3CCOCC3)c(Cc3ccccc3)nc2C(C2CCCO2)N1Cc1ccco1. The van der Waals surface area contributed by atoms with Crippen molar-refractivity contribution in [3.8, 4) is 0 Å². The highest BCUT2D eigenvalue weighted by molar-refractivity contribution is 5.99. The van der Waals surface area contributed by atoms with Gasteiger partial charge in [0, 0.05) is 26.1 Å². The minimum absolute atomic E-state index is 0.000158. The number of amides is 1. The molecule has 2 fully saturated rings. The summed E-state index contributed by atoms with van der Waals surface area (Å²) in [6.45, 7) is 4.08.